The summed E-state index contributed by atoms with van der Waals surface area (Å²) >= 11 is 1.68. The van der Waals surface area contributed by atoms with Crippen LogP contribution in [0.15, 0.2) is 16.1 Å². The van der Waals surface area contributed by atoms with E-state index in [9.17, 15) is 0 Å². The van der Waals surface area contributed by atoms with Gasteiger partial charge in [-0.1, -0.05) is 0 Å². The van der Waals surface area contributed by atoms with Gasteiger partial charge in [0.15, 0.2) is 0 Å². The van der Waals surface area contributed by atoms with Crippen molar-refractivity contribution in [3.05, 3.63) is 11.1 Å². The minimum Gasteiger partial charge on any atom is -0.312 e. The number of thioether (sulfide) groups is 1. The third kappa shape index (κ3) is 5.65. The Bertz CT molecular complexity index is 131. The first-order chi connectivity index (χ1) is 4.81. The summed E-state index contributed by atoms with van der Waals surface area (Å²) in [5.74, 6) is 0. The SMILES string of the molecule is CNNC=N/C=C(/C)SC. The van der Waals surface area contributed by atoms with E-state index in [1.165, 1.54) is 4.91 Å². The molecule has 0 amide bonds. The molecule has 0 atom stereocenters. The molecule has 0 rings (SSSR count). The molecule has 0 saturated carbocycles. The minimum atomic E-state index is 1.19. The molecule has 0 radical (unpaired) electrons. The van der Waals surface area contributed by atoms with E-state index in [-0.39, 0.29) is 0 Å². The third-order valence-corrected chi connectivity index (χ3v) is 1.61. The molecule has 0 saturated heterocycles. The molecule has 0 heterocycles. The van der Waals surface area contributed by atoms with E-state index < -0.39 is 0 Å². The average molecular weight is 159 g/mol. The lowest BCUT2D eigenvalue weighted by Crippen LogP contribution is -2.25. The van der Waals surface area contributed by atoms with Crippen LogP contribution < -0.4 is 10.9 Å². The monoisotopic (exact) mass is 159 g/mol. The summed E-state index contributed by atoms with van der Waals surface area (Å²) in [4.78, 5) is 5.14. The van der Waals surface area contributed by atoms with Crippen LogP contribution >= 0.6 is 11.8 Å². The first kappa shape index (κ1) is 9.52. The highest BCUT2D eigenvalue weighted by Gasteiger charge is 1.78. The molecule has 0 aliphatic heterocycles. The van der Waals surface area contributed by atoms with Crippen LogP contribution in [0, 0.1) is 0 Å². The van der Waals surface area contributed by atoms with Gasteiger partial charge in [0.05, 0.1) is 0 Å². The Kier molecular flexibility index (Phi) is 6.32. The van der Waals surface area contributed by atoms with E-state index in [4.69, 9.17) is 0 Å². The van der Waals surface area contributed by atoms with E-state index in [1.807, 2.05) is 13.2 Å². The molecule has 2 N–H and O–H groups in total. The normalized spacial score (nSPS) is 12.5. The second-order valence-corrected chi connectivity index (χ2v) is 2.67. The quantitative estimate of drug-likeness (QED) is 0.364. The maximum atomic E-state index is 3.95. The number of rotatable bonds is 4. The molecular weight excluding hydrogens is 146 g/mol. The number of allylic oxidation sites excluding steroid dienone is 1. The summed E-state index contributed by atoms with van der Waals surface area (Å²) in [5.41, 5.74) is 5.46. The van der Waals surface area contributed by atoms with E-state index in [1.54, 1.807) is 31.3 Å². The van der Waals surface area contributed by atoms with Crippen LogP contribution in [0.25, 0.3) is 0 Å². The highest BCUT2D eigenvalue weighted by Crippen LogP contribution is 2.08. The van der Waals surface area contributed by atoms with Crippen molar-refractivity contribution in [2.45, 2.75) is 6.92 Å². The van der Waals surface area contributed by atoms with Gasteiger partial charge in [-0.3, -0.25) is 0 Å². The van der Waals surface area contributed by atoms with Crippen molar-refractivity contribution in [1.82, 2.24) is 10.9 Å². The Hall–Kier alpha value is -0.480. The number of nitrogens with one attached hydrogen (secondary N) is 2. The van der Waals surface area contributed by atoms with E-state index in [2.05, 4.69) is 15.8 Å². The molecule has 0 unspecified atom stereocenters. The average Bonchev–Trinajstić information content (AvgIpc) is 1.98. The fourth-order valence-electron chi connectivity index (χ4n) is 0.297. The minimum absolute atomic E-state index is 1.19. The number of hydrazine groups is 1. The van der Waals surface area contributed by atoms with E-state index in [0.29, 0.717) is 0 Å². The van der Waals surface area contributed by atoms with Gasteiger partial charge in [-0.05, 0) is 18.1 Å². The Morgan fingerprint density at radius 2 is 2.30 bits per heavy atom. The molecule has 0 aromatic carbocycles. The molecule has 0 fully saturated rings. The topological polar surface area (TPSA) is 36.4 Å². The predicted molar refractivity (Wildman–Crippen MR) is 48.0 cm³/mol. The fourth-order valence-corrected chi connectivity index (χ4v) is 0.463. The van der Waals surface area contributed by atoms with Crippen LogP contribution in [0.1, 0.15) is 6.92 Å². The van der Waals surface area contributed by atoms with Crippen LogP contribution in [-0.4, -0.2) is 19.6 Å². The molecule has 4 heteroatoms. The summed E-state index contributed by atoms with van der Waals surface area (Å²) in [6, 6.07) is 0. The van der Waals surface area contributed by atoms with Crippen LogP contribution in [0.4, 0.5) is 0 Å². The molecular formula is C6H13N3S. The van der Waals surface area contributed by atoms with Crippen LogP contribution in [-0.2, 0) is 0 Å². The van der Waals surface area contributed by atoms with Crippen molar-refractivity contribution in [3.63, 3.8) is 0 Å². The lowest BCUT2D eigenvalue weighted by atomic mass is 10.7. The largest absolute Gasteiger partial charge is 0.312 e. The van der Waals surface area contributed by atoms with Gasteiger partial charge in [0.2, 0.25) is 0 Å². The number of hydrogen-bond acceptors (Lipinski definition) is 3. The summed E-state index contributed by atoms with van der Waals surface area (Å²) < 4.78 is 0. The predicted octanol–water partition coefficient (Wildman–Crippen LogP) is 0.963. The zero-order valence-corrected chi connectivity index (χ0v) is 7.33. The Morgan fingerprint density at radius 1 is 1.60 bits per heavy atom. The second kappa shape index (κ2) is 6.64. The fraction of sp³-hybridized carbons (Fsp3) is 0.500. The zero-order valence-electron chi connectivity index (χ0n) is 6.51. The smallest absolute Gasteiger partial charge is 0.102 e. The van der Waals surface area contributed by atoms with E-state index in [0.717, 1.165) is 0 Å². The lowest BCUT2D eigenvalue weighted by molar-refractivity contribution is 0.782. The van der Waals surface area contributed by atoms with Crippen molar-refractivity contribution in [2.75, 3.05) is 13.3 Å². The molecule has 0 aromatic heterocycles. The van der Waals surface area contributed by atoms with Gasteiger partial charge in [-0.2, -0.15) is 0 Å². The Morgan fingerprint density at radius 3 is 2.80 bits per heavy atom. The zero-order chi connectivity index (χ0) is 7.82. The molecule has 0 bridgehead atoms. The summed E-state index contributed by atoms with van der Waals surface area (Å²) in [6.45, 7) is 2.02. The van der Waals surface area contributed by atoms with Crippen molar-refractivity contribution >= 4 is 18.1 Å². The molecule has 3 nitrogen and oxygen atoms in total. The van der Waals surface area contributed by atoms with Crippen LogP contribution in [0.2, 0.25) is 0 Å². The molecule has 58 valence electrons. The summed E-state index contributed by atoms with van der Waals surface area (Å²) in [6.07, 6.45) is 5.42. The highest BCUT2D eigenvalue weighted by molar-refractivity contribution is 8.02. The van der Waals surface area contributed by atoms with Gasteiger partial charge in [0.25, 0.3) is 0 Å². The van der Waals surface area contributed by atoms with Crippen molar-refractivity contribution in [1.29, 1.82) is 0 Å². The summed E-state index contributed by atoms with van der Waals surface area (Å²) in [5, 5.41) is 0. The molecule has 0 aliphatic carbocycles. The molecule has 0 aromatic rings. The van der Waals surface area contributed by atoms with Crippen molar-refractivity contribution in [2.24, 2.45) is 4.99 Å². The Labute approximate surface area is 66.0 Å². The third-order valence-electron chi connectivity index (χ3n) is 0.862. The standard InChI is InChI=1S/C6H13N3S/c1-6(10-3)4-8-5-9-7-2/h4-5,7H,1-3H3,(H,8,9)/b6-4-. The first-order valence-electron chi connectivity index (χ1n) is 2.96. The van der Waals surface area contributed by atoms with E-state index >= 15 is 0 Å². The summed E-state index contributed by atoms with van der Waals surface area (Å²) in [7, 11) is 1.79. The maximum absolute atomic E-state index is 3.95. The van der Waals surface area contributed by atoms with Gasteiger partial charge in [0.1, 0.15) is 6.34 Å². The van der Waals surface area contributed by atoms with Gasteiger partial charge in [-0.15, -0.1) is 11.8 Å². The van der Waals surface area contributed by atoms with Crippen molar-refractivity contribution < 1.29 is 0 Å². The van der Waals surface area contributed by atoms with Crippen LogP contribution in [0.3, 0.4) is 0 Å². The number of hydrogen-bond donors (Lipinski definition) is 2. The lowest BCUT2D eigenvalue weighted by Gasteiger charge is -1.91. The Balaban J connectivity index is 3.49. The number of nitrogens with zero attached hydrogens (tertiary/aromatic N) is 1. The van der Waals surface area contributed by atoms with Gasteiger partial charge >= 0.3 is 0 Å². The number of aliphatic imine (C=N–C) groups is 1. The molecule has 0 spiro atoms. The van der Waals surface area contributed by atoms with Crippen molar-refractivity contribution in [3.8, 4) is 0 Å². The first-order valence-corrected chi connectivity index (χ1v) is 4.18. The maximum Gasteiger partial charge on any atom is 0.102 e. The van der Waals surface area contributed by atoms with Gasteiger partial charge in [0, 0.05) is 13.2 Å². The molecule has 0 aliphatic rings. The highest BCUT2D eigenvalue weighted by atomic mass is 32.2. The van der Waals surface area contributed by atoms with Gasteiger partial charge in [-0.25, -0.2) is 10.4 Å². The van der Waals surface area contributed by atoms with Gasteiger partial charge < -0.3 is 5.43 Å². The molecule has 10 heavy (non-hydrogen) atoms. The second-order valence-electron chi connectivity index (χ2n) is 1.62. The van der Waals surface area contributed by atoms with Crippen LogP contribution in [0.5, 0.6) is 0 Å².